The summed E-state index contributed by atoms with van der Waals surface area (Å²) >= 11 is 0. The zero-order chi connectivity index (χ0) is 28.0. The first kappa shape index (κ1) is 30.7. The van der Waals surface area contributed by atoms with Gasteiger partial charge in [0.05, 0.1) is 12.2 Å². The maximum atomic E-state index is 5.49. The Morgan fingerprint density at radius 3 is 1.61 bits per heavy atom. The predicted octanol–water partition coefficient (Wildman–Crippen LogP) is 11.2. The van der Waals surface area contributed by atoms with E-state index in [0.29, 0.717) is 12.0 Å². The molecule has 4 heteroatoms. The summed E-state index contributed by atoms with van der Waals surface area (Å²) in [5.74, 6) is 1.50. The quantitative estimate of drug-likeness (QED) is 0.400. The molecule has 2 fully saturated rings. The number of nitrogens with one attached hydrogen (secondary N) is 1. The second-order valence-electron chi connectivity index (χ2n) is 13.8. The first-order valence-electron chi connectivity index (χ1n) is 18.3. The van der Waals surface area contributed by atoms with E-state index in [4.69, 9.17) is 15.0 Å². The fourth-order valence-corrected chi connectivity index (χ4v) is 8.05. The van der Waals surface area contributed by atoms with E-state index in [9.17, 15) is 0 Å². The lowest BCUT2D eigenvalue weighted by atomic mass is 9.81. The number of allylic oxidation sites excluding steroid dienone is 2. The smallest absolute Gasteiger partial charge is 0.223 e. The third-order valence-electron chi connectivity index (χ3n) is 10.5. The Kier molecular flexibility index (Phi) is 13.1. The van der Waals surface area contributed by atoms with E-state index in [-0.39, 0.29) is 0 Å². The molecule has 0 spiro atoms. The van der Waals surface area contributed by atoms with Gasteiger partial charge in [0.1, 0.15) is 0 Å². The van der Waals surface area contributed by atoms with Crippen LogP contribution in [0.2, 0.25) is 0 Å². The molecule has 1 aromatic rings. The molecule has 0 unspecified atom stereocenters. The maximum absolute atomic E-state index is 5.49. The number of hydrogen-bond donors (Lipinski definition) is 1. The van der Waals surface area contributed by atoms with Gasteiger partial charge in [-0.3, -0.25) is 4.99 Å². The highest BCUT2D eigenvalue weighted by Gasteiger charge is 2.28. The molecule has 0 bridgehead atoms. The van der Waals surface area contributed by atoms with E-state index in [1.54, 1.807) is 11.1 Å². The van der Waals surface area contributed by atoms with Gasteiger partial charge in [-0.1, -0.05) is 122 Å². The fraction of sp³-hybridized carbons (Fsp3) is 0.811. The van der Waals surface area contributed by atoms with Crippen molar-refractivity contribution in [1.82, 2.24) is 9.97 Å². The topological polar surface area (TPSA) is 50.2 Å². The minimum absolute atomic E-state index is 0.508. The number of rotatable bonds is 3. The zero-order valence-corrected chi connectivity index (χ0v) is 26.4. The van der Waals surface area contributed by atoms with Gasteiger partial charge >= 0.3 is 0 Å². The van der Waals surface area contributed by atoms with Crippen LogP contribution in [0.3, 0.4) is 0 Å². The first-order valence-corrected chi connectivity index (χ1v) is 18.3. The Hall–Kier alpha value is -1.71. The lowest BCUT2D eigenvalue weighted by Gasteiger charge is -2.25. The normalized spacial score (nSPS) is 24.1. The van der Waals surface area contributed by atoms with E-state index in [1.165, 1.54) is 184 Å². The van der Waals surface area contributed by atoms with Gasteiger partial charge < -0.3 is 5.32 Å². The number of hydrogen-bond acceptors (Lipinski definition) is 4. The highest BCUT2D eigenvalue weighted by atomic mass is 15.1. The Balaban J connectivity index is 1.43. The monoisotopic (exact) mass is 560 g/mol. The molecule has 5 rings (SSSR count). The highest BCUT2D eigenvalue weighted by molar-refractivity contribution is 6.08. The van der Waals surface area contributed by atoms with Crippen molar-refractivity contribution in [1.29, 1.82) is 0 Å². The summed E-state index contributed by atoms with van der Waals surface area (Å²) in [5.41, 5.74) is 7.14. The van der Waals surface area contributed by atoms with Crippen molar-refractivity contribution in [3.05, 3.63) is 23.0 Å². The van der Waals surface area contributed by atoms with Crippen LogP contribution in [0.5, 0.6) is 0 Å². The van der Waals surface area contributed by atoms with Gasteiger partial charge in [0.15, 0.2) is 0 Å². The molecule has 0 amide bonds. The minimum Gasteiger partial charge on any atom is -0.351 e. The van der Waals surface area contributed by atoms with Crippen LogP contribution in [0, 0.1) is 5.92 Å². The van der Waals surface area contributed by atoms with E-state index in [1.807, 2.05) is 0 Å². The van der Waals surface area contributed by atoms with Gasteiger partial charge in [0.25, 0.3) is 0 Å². The zero-order valence-electron chi connectivity index (χ0n) is 26.4. The molecule has 228 valence electrons. The molecule has 0 saturated heterocycles. The van der Waals surface area contributed by atoms with E-state index in [0.717, 1.165) is 18.9 Å². The molecule has 41 heavy (non-hydrogen) atoms. The second-order valence-corrected chi connectivity index (χ2v) is 13.8. The summed E-state index contributed by atoms with van der Waals surface area (Å²) in [5, 5.41) is 3.84. The van der Waals surface area contributed by atoms with Gasteiger partial charge in [-0.05, 0) is 62.5 Å². The number of anilines is 1. The van der Waals surface area contributed by atoms with Crippen LogP contribution in [-0.2, 0) is 6.54 Å². The van der Waals surface area contributed by atoms with Crippen LogP contribution < -0.4 is 5.32 Å². The number of aliphatic imine (C=N–C) groups is 1. The first-order chi connectivity index (χ1) is 20.4. The molecule has 3 aliphatic carbocycles. The average molecular weight is 561 g/mol. The van der Waals surface area contributed by atoms with Gasteiger partial charge in [0, 0.05) is 29.4 Å². The van der Waals surface area contributed by atoms with Crippen molar-refractivity contribution in [2.45, 2.75) is 186 Å². The van der Waals surface area contributed by atoms with Crippen LogP contribution in [0.15, 0.2) is 16.8 Å². The Labute approximate surface area is 252 Å². The van der Waals surface area contributed by atoms with E-state index >= 15 is 0 Å². The minimum atomic E-state index is 0.508. The van der Waals surface area contributed by atoms with Crippen molar-refractivity contribution in [3.8, 4) is 0 Å². The molecular formula is C37H60N4. The van der Waals surface area contributed by atoms with Crippen molar-refractivity contribution in [2.24, 2.45) is 10.9 Å². The summed E-state index contributed by atoms with van der Waals surface area (Å²) in [4.78, 5) is 15.8. The summed E-state index contributed by atoms with van der Waals surface area (Å²) in [6.07, 6.45) is 38.6. The van der Waals surface area contributed by atoms with Crippen LogP contribution in [0.4, 0.5) is 5.95 Å². The van der Waals surface area contributed by atoms with Gasteiger partial charge in [-0.25, -0.2) is 9.97 Å². The lowest BCUT2D eigenvalue weighted by molar-refractivity contribution is 0.475. The van der Waals surface area contributed by atoms with Gasteiger partial charge in [-0.15, -0.1) is 0 Å². The van der Waals surface area contributed by atoms with Crippen molar-refractivity contribution >= 4 is 17.2 Å². The molecule has 0 aromatic carbocycles. The van der Waals surface area contributed by atoms with Crippen molar-refractivity contribution in [3.63, 3.8) is 0 Å². The molecule has 4 nitrogen and oxygen atoms in total. The third kappa shape index (κ3) is 9.65. The second kappa shape index (κ2) is 17.4. The maximum Gasteiger partial charge on any atom is 0.223 e. The largest absolute Gasteiger partial charge is 0.351 e. The summed E-state index contributed by atoms with van der Waals surface area (Å²) in [6, 6.07) is 0.508. The molecule has 4 aliphatic rings. The van der Waals surface area contributed by atoms with E-state index < -0.39 is 0 Å². The van der Waals surface area contributed by atoms with Gasteiger partial charge in [-0.2, -0.15) is 0 Å². The summed E-state index contributed by atoms with van der Waals surface area (Å²) < 4.78 is 0. The fourth-order valence-electron chi connectivity index (χ4n) is 8.05. The molecule has 2 saturated carbocycles. The number of fused-ring (bicyclic) bond motifs is 2. The molecule has 1 aromatic heterocycles. The van der Waals surface area contributed by atoms with Crippen molar-refractivity contribution in [2.75, 3.05) is 5.32 Å². The Morgan fingerprint density at radius 1 is 0.537 bits per heavy atom. The summed E-state index contributed by atoms with van der Waals surface area (Å²) in [6.45, 7) is 0.762. The van der Waals surface area contributed by atoms with Crippen LogP contribution in [0.1, 0.15) is 185 Å². The van der Waals surface area contributed by atoms with Gasteiger partial charge in [0.2, 0.25) is 5.95 Å². The molecule has 1 N–H and O–H groups in total. The standard InChI is InChI=1S/C37H60N4/c1-2-5-11-17-23-30(22-16-10-4-1)35-33-26-20-14-8-9-15-21-27-34(33)36-31(28-38-35)29-39-37(41-36)40-32-24-18-12-6-3-7-13-19-25-32/h29-30,32H,1-28H2,(H,39,40,41). The highest BCUT2D eigenvalue weighted by Crippen LogP contribution is 2.38. The number of nitrogens with zero attached hydrogens (tertiary/aromatic N) is 3. The average Bonchev–Trinajstić information content (AvgIpc) is 3.18. The van der Waals surface area contributed by atoms with Crippen molar-refractivity contribution < 1.29 is 0 Å². The van der Waals surface area contributed by atoms with Crippen LogP contribution in [-0.4, -0.2) is 21.7 Å². The molecule has 1 aliphatic heterocycles. The van der Waals surface area contributed by atoms with Crippen LogP contribution >= 0.6 is 0 Å². The number of aromatic nitrogens is 2. The lowest BCUT2D eigenvalue weighted by Crippen LogP contribution is -2.22. The molecule has 0 radical (unpaired) electrons. The SMILES string of the molecule is c1nc(NC2CCCCCCCCC2)nc2c1CN=C(C1CCCCCCCCCC1)C1=C2CCCCCCCC1. The molecular weight excluding hydrogens is 500 g/mol. The Morgan fingerprint density at radius 2 is 1.02 bits per heavy atom. The molecule has 0 atom stereocenters. The predicted molar refractivity (Wildman–Crippen MR) is 176 cm³/mol. The van der Waals surface area contributed by atoms with Crippen LogP contribution in [0.25, 0.3) is 5.57 Å². The molecule has 2 heterocycles. The van der Waals surface area contributed by atoms with E-state index in [2.05, 4.69) is 11.5 Å². The Bertz CT molecular complexity index is 957. The summed E-state index contributed by atoms with van der Waals surface area (Å²) in [7, 11) is 0. The third-order valence-corrected chi connectivity index (χ3v) is 10.5.